The number of methoxy groups -OCH3 is 1. The zero-order valence-corrected chi connectivity index (χ0v) is 19.3. The highest BCUT2D eigenvalue weighted by molar-refractivity contribution is 14.0. The third-order valence-electron chi connectivity index (χ3n) is 3.78. The van der Waals surface area contributed by atoms with Crippen molar-refractivity contribution in [1.29, 1.82) is 0 Å². The van der Waals surface area contributed by atoms with E-state index in [-0.39, 0.29) is 35.5 Å². The minimum Gasteiger partial charge on any atom is -0.493 e. The number of benzene rings is 1. The minimum absolute atomic E-state index is 0. The summed E-state index contributed by atoms with van der Waals surface area (Å²) in [5, 5.41) is 7.16. The molecule has 2 aromatic rings. The van der Waals surface area contributed by atoms with E-state index in [1.54, 1.807) is 29.8 Å². The molecule has 1 aromatic heterocycles. The second-order valence-electron chi connectivity index (χ2n) is 5.48. The second-order valence-corrected chi connectivity index (χ2v) is 6.24. The molecule has 2 rings (SSSR count). The summed E-state index contributed by atoms with van der Waals surface area (Å²) in [6, 6.07) is 6.57. The summed E-state index contributed by atoms with van der Waals surface area (Å²) in [5.41, 5.74) is 1.60. The highest BCUT2D eigenvalue weighted by Gasteiger charge is 2.12. The molecule has 1 heterocycles. The van der Waals surface area contributed by atoms with E-state index in [2.05, 4.69) is 20.4 Å². The van der Waals surface area contributed by atoms with Crippen molar-refractivity contribution in [3.8, 4) is 11.5 Å². The van der Waals surface area contributed by atoms with Gasteiger partial charge < -0.3 is 24.7 Å². The van der Waals surface area contributed by atoms with Crippen molar-refractivity contribution in [1.82, 2.24) is 15.2 Å². The summed E-state index contributed by atoms with van der Waals surface area (Å²) in [4.78, 5) is 4.12. The van der Waals surface area contributed by atoms with Crippen molar-refractivity contribution in [2.45, 2.75) is 19.7 Å². The Morgan fingerprint density at radius 3 is 2.39 bits per heavy atom. The summed E-state index contributed by atoms with van der Waals surface area (Å²) in [6.45, 7) is -2.14. The fraction of sp³-hybridized carbons (Fsp3) is 0.353. The molecule has 28 heavy (non-hydrogen) atoms. The Kier molecular flexibility index (Phi) is 10.1. The summed E-state index contributed by atoms with van der Waals surface area (Å²) < 4.78 is 36.3. The number of alkyl halides is 2. The summed E-state index contributed by atoms with van der Waals surface area (Å²) in [6.07, 6.45) is 0. The van der Waals surface area contributed by atoms with Gasteiger partial charge in [0.25, 0.3) is 0 Å². The van der Waals surface area contributed by atoms with Crippen LogP contribution in [0.2, 0.25) is 10.2 Å². The number of rotatable bonds is 7. The van der Waals surface area contributed by atoms with Crippen LogP contribution in [0.1, 0.15) is 11.3 Å². The summed E-state index contributed by atoms with van der Waals surface area (Å²) in [7, 11) is 4.82. The monoisotopic (exact) mass is 548 g/mol. The van der Waals surface area contributed by atoms with Crippen LogP contribution in [0.25, 0.3) is 0 Å². The number of guanidine groups is 1. The van der Waals surface area contributed by atoms with E-state index < -0.39 is 6.61 Å². The van der Waals surface area contributed by atoms with Gasteiger partial charge >= 0.3 is 6.61 Å². The number of hydrogen-bond acceptors (Lipinski definition) is 3. The van der Waals surface area contributed by atoms with Gasteiger partial charge in [-0.05, 0) is 23.8 Å². The first-order valence-corrected chi connectivity index (χ1v) is 8.67. The molecule has 0 bridgehead atoms. The number of ether oxygens (including phenoxy) is 2. The third kappa shape index (κ3) is 6.56. The Bertz CT molecular complexity index is 819. The SMILES string of the molecule is CN=C(NCc1ccc(OC)c(OC(F)F)c1)NCc1cc(Cl)c(Cl)n1C.I. The highest BCUT2D eigenvalue weighted by Crippen LogP contribution is 2.29. The van der Waals surface area contributed by atoms with E-state index in [0.29, 0.717) is 29.2 Å². The normalized spacial score (nSPS) is 11.2. The van der Waals surface area contributed by atoms with Crippen LogP contribution in [0, 0.1) is 0 Å². The molecule has 0 amide bonds. The molecule has 0 spiro atoms. The molecule has 0 unspecified atom stereocenters. The Labute approximate surface area is 189 Å². The van der Waals surface area contributed by atoms with Gasteiger partial charge in [-0.2, -0.15) is 8.78 Å². The maximum absolute atomic E-state index is 12.5. The number of nitrogens with one attached hydrogen (secondary N) is 2. The zero-order chi connectivity index (χ0) is 20.0. The zero-order valence-electron chi connectivity index (χ0n) is 15.4. The van der Waals surface area contributed by atoms with Crippen LogP contribution in [-0.4, -0.2) is 31.3 Å². The molecule has 1 aromatic carbocycles. The van der Waals surface area contributed by atoms with Gasteiger partial charge in [-0.25, -0.2) is 0 Å². The lowest BCUT2D eigenvalue weighted by atomic mass is 10.2. The number of aliphatic imine (C=N–C) groups is 1. The van der Waals surface area contributed by atoms with E-state index in [0.717, 1.165) is 11.3 Å². The van der Waals surface area contributed by atoms with Gasteiger partial charge in [-0.3, -0.25) is 4.99 Å². The van der Waals surface area contributed by atoms with E-state index in [9.17, 15) is 8.78 Å². The predicted molar refractivity (Wildman–Crippen MR) is 118 cm³/mol. The molecule has 0 saturated carbocycles. The van der Waals surface area contributed by atoms with E-state index in [1.165, 1.54) is 13.2 Å². The molecule has 0 fully saturated rings. The largest absolute Gasteiger partial charge is 0.493 e. The Hall–Kier alpha value is -1.46. The van der Waals surface area contributed by atoms with Crippen molar-refractivity contribution in [3.63, 3.8) is 0 Å². The number of halogens is 5. The quantitative estimate of drug-likeness (QED) is 0.305. The Morgan fingerprint density at radius 2 is 1.86 bits per heavy atom. The maximum Gasteiger partial charge on any atom is 0.387 e. The topological polar surface area (TPSA) is 59.8 Å². The van der Waals surface area contributed by atoms with Crippen LogP contribution in [0.5, 0.6) is 11.5 Å². The molecule has 11 heteroatoms. The van der Waals surface area contributed by atoms with Gasteiger partial charge in [0.1, 0.15) is 5.15 Å². The van der Waals surface area contributed by atoms with Crippen LogP contribution in [0.3, 0.4) is 0 Å². The van der Waals surface area contributed by atoms with Crippen molar-refractivity contribution >= 4 is 53.1 Å². The highest BCUT2D eigenvalue weighted by atomic mass is 127. The van der Waals surface area contributed by atoms with Gasteiger partial charge in [-0.15, -0.1) is 24.0 Å². The fourth-order valence-electron chi connectivity index (χ4n) is 2.36. The van der Waals surface area contributed by atoms with Crippen LogP contribution in [0.4, 0.5) is 8.78 Å². The van der Waals surface area contributed by atoms with Crippen molar-refractivity contribution in [3.05, 3.63) is 45.7 Å². The fourth-order valence-corrected chi connectivity index (χ4v) is 2.77. The van der Waals surface area contributed by atoms with E-state index in [1.807, 2.05) is 7.05 Å². The third-order valence-corrected chi connectivity index (χ3v) is 4.62. The average Bonchev–Trinajstić information content (AvgIpc) is 2.88. The van der Waals surface area contributed by atoms with Crippen LogP contribution < -0.4 is 20.1 Å². The minimum atomic E-state index is -2.93. The summed E-state index contributed by atoms with van der Waals surface area (Å²) in [5.74, 6) is 0.734. The lowest BCUT2D eigenvalue weighted by molar-refractivity contribution is -0.0512. The number of nitrogens with zero attached hydrogens (tertiary/aromatic N) is 2. The van der Waals surface area contributed by atoms with E-state index in [4.69, 9.17) is 27.9 Å². The average molecular weight is 549 g/mol. The molecular weight excluding hydrogens is 528 g/mol. The van der Waals surface area contributed by atoms with Gasteiger partial charge in [0, 0.05) is 26.3 Å². The lowest BCUT2D eigenvalue weighted by Gasteiger charge is -2.14. The molecule has 156 valence electrons. The first-order chi connectivity index (χ1) is 12.8. The first-order valence-electron chi connectivity index (χ1n) is 7.91. The standard InChI is InChI=1S/C17H20Cl2F2N4O2.HI/c1-22-17(24-9-11-7-12(18)15(19)25(11)2)23-8-10-4-5-13(26-3)14(6-10)27-16(20)21;/h4-7,16H,8-9H2,1-3H3,(H2,22,23,24);1H. The second kappa shape index (κ2) is 11.5. The van der Waals surface area contributed by atoms with Crippen molar-refractivity contribution in [2.75, 3.05) is 14.2 Å². The molecule has 0 aliphatic rings. The van der Waals surface area contributed by atoms with Gasteiger partial charge in [0.05, 0.1) is 18.7 Å². The van der Waals surface area contributed by atoms with Crippen molar-refractivity contribution < 1.29 is 18.3 Å². The summed E-state index contributed by atoms with van der Waals surface area (Å²) >= 11 is 12.0. The molecule has 2 N–H and O–H groups in total. The Balaban J connectivity index is 0.00000392. The first kappa shape index (κ1) is 24.6. The lowest BCUT2D eigenvalue weighted by Crippen LogP contribution is -2.36. The number of aromatic nitrogens is 1. The molecule has 6 nitrogen and oxygen atoms in total. The molecular formula is C17H21Cl2F2IN4O2. The molecule has 0 aliphatic heterocycles. The molecule has 0 atom stereocenters. The predicted octanol–water partition coefficient (Wildman–Crippen LogP) is 4.43. The van der Waals surface area contributed by atoms with Crippen LogP contribution in [0.15, 0.2) is 29.3 Å². The molecule has 0 saturated heterocycles. The number of hydrogen-bond donors (Lipinski definition) is 2. The van der Waals surface area contributed by atoms with E-state index >= 15 is 0 Å². The maximum atomic E-state index is 12.5. The Morgan fingerprint density at radius 1 is 1.18 bits per heavy atom. The van der Waals surface area contributed by atoms with Crippen molar-refractivity contribution in [2.24, 2.45) is 12.0 Å². The smallest absolute Gasteiger partial charge is 0.387 e. The van der Waals surface area contributed by atoms with Crippen LogP contribution >= 0.6 is 47.2 Å². The van der Waals surface area contributed by atoms with Crippen LogP contribution in [-0.2, 0) is 20.1 Å². The van der Waals surface area contributed by atoms with Gasteiger partial charge in [0.2, 0.25) is 0 Å². The van der Waals surface area contributed by atoms with Gasteiger partial charge in [0.15, 0.2) is 17.5 Å². The van der Waals surface area contributed by atoms with Gasteiger partial charge in [-0.1, -0.05) is 29.3 Å². The molecule has 0 radical (unpaired) electrons. The molecule has 0 aliphatic carbocycles.